The van der Waals surface area contributed by atoms with Crippen molar-refractivity contribution in [3.63, 3.8) is 0 Å². The Labute approximate surface area is 130 Å². The summed E-state index contributed by atoms with van der Waals surface area (Å²) in [5.41, 5.74) is 5.01. The Morgan fingerprint density at radius 3 is 2.32 bits per heavy atom. The first-order valence-corrected chi connectivity index (χ1v) is 7.74. The van der Waals surface area contributed by atoms with Crippen LogP contribution in [0.5, 0.6) is 5.75 Å². The van der Waals surface area contributed by atoms with Gasteiger partial charge in [-0.15, -0.1) is 0 Å². The van der Waals surface area contributed by atoms with Gasteiger partial charge >= 0.3 is 0 Å². The van der Waals surface area contributed by atoms with E-state index in [1.807, 2.05) is 6.07 Å². The lowest BCUT2D eigenvalue weighted by Gasteiger charge is -2.15. The second kappa shape index (κ2) is 5.03. The third-order valence-electron chi connectivity index (χ3n) is 4.07. The van der Waals surface area contributed by atoms with Gasteiger partial charge in [-0.3, -0.25) is 0 Å². The van der Waals surface area contributed by atoms with E-state index in [2.05, 4.69) is 74.5 Å². The molecular formula is C21H18O. The second-order valence-electron chi connectivity index (χ2n) is 5.97. The maximum absolute atomic E-state index is 6.01. The molecule has 0 fully saturated rings. The molecule has 0 saturated carbocycles. The lowest BCUT2D eigenvalue weighted by atomic mass is 9.97. The molecule has 0 aliphatic heterocycles. The largest absolute Gasteiger partial charge is 0.490 e. The molecular weight excluding hydrogens is 268 g/mol. The third-order valence-corrected chi connectivity index (χ3v) is 4.07. The highest BCUT2D eigenvalue weighted by atomic mass is 16.5. The molecule has 0 N–H and O–H groups in total. The number of hydrogen-bond acceptors (Lipinski definition) is 1. The number of para-hydroxylation sites is 1. The lowest BCUT2D eigenvalue weighted by molar-refractivity contribution is 0.242. The predicted octanol–water partition coefficient (Wildman–Crippen LogP) is 5.53. The van der Waals surface area contributed by atoms with Gasteiger partial charge in [-0.25, -0.2) is 0 Å². The summed E-state index contributed by atoms with van der Waals surface area (Å²) in [5.74, 6) is 0.952. The van der Waals surface area contributed by atoms with Crippen LogP contribution >= 0.6 is 0 Å². The molecule has 0 heterocycles. The van der Waals surface area contributed by atoms with E-state index in [0.717, 1.165) is 5.75 Å². The first-order chi connectivity index (χ1) is 10.7. The maximum atomic E-state index is 6.01. The van der Waals surface area contributed by atoms with E-state index in [-0.39, 0.29) is 6.10 Å². The summed E-state index contributed by atoms with van der Waals surface area (Å²) in [5, 5.41) is 2.64. The van der Waals surface area contributed by atoms with E-state index < -0.39 is 0 Å². The predicted molar refractivity (Wildman–Crippen MR) is 93.1 cm³/mol. The minimum atomic E-state index is 0.168. The first-order valence-electron chi connectivity index (χ1n) is 7.74. The van der Waals surface area contributed by atoms with Crippen molar-refractivity contribution in [3.05, 3.63) is 77.4 Å². The maximum Gasteiger partial charge on any atom is 0.127 e. The fourth-order valence-electron chi connectivity index (χ4n) is 3.22. The Balaban J connectivity index is 1.92. The molecule has 3 aromatic carbocycles. The average molecular weight is 286 g/mol. The van der Waals surface area contributed by atoms with Crippen LogP contribution in [0.25, 0.3) is 22.4 Å². The van der Waals surface area contributed by atoms with E-state index in [1.165, 1.54) is 33.0 Å². The van der Waals surface area contributed by atoms with Gasteiger partial charge in [-0.1, -0.05) is 54.6 Å². The molecule has 1 aliphatic rings. The molecule has 0 bridgehead atoms. The summed E-state index contributed by atoms with van der Waals surface area (Å²) < 4.78 is 6.01. The first kappa shape index (κ1) is 13.1. The van der Waals surface area contributed by atoms with Crippen molar-refractivity contribution in [1.82, 2.24) is 0 Å². The highest BCUT2D eigenvalue weighted by molar-refractivity contribution is 6.13. The zero-order chi connectivity index (χ0) is 15.1. The van der Waals surface area contributed by atoms with Crippen LogP contribution in [0, 0.1) is 0 Å². The van der Waals surface area contributed by atoms with E-state index in [1.54, 1.807) is 0 Å². The molecule has 0 saturated heterocycles. The number of rotatable bonds is 3. The monoisotopic (exact) mass is 286 g/mol. The molecule has 1 heteroatoms. The summed E-state index contributed by atoms with van der Waals surface area (Å²) in [6, 6.07) is 21.3. The molecule has 0 aromatic heterocycles. The topological polar surface area (TPSA) is 9.23 Å². The van der Waals surface area contributed by atoms with Gasteiger partial charge in [0.25, 0.3) is 0 Å². The van der Waals surface area contributed by atoms with E-state index in [9.17, 15) is 0 Å². The number of ether oxygens (including phenoxy) is 1. The van der Waals surface area contributed by atoms with Crippen LogP contribution in [0.3, 0.4) is 0 Å². The van der Waals surface area contributed by atoms with Gasteiger partial charge in [-0.05, 0) is 53.5 Å². The molecule has 0 spiro atoms. The molecule has 0 amide bonds. The average Bonchev–Trinajstić information content (AvgIpc) is 2.89. The van der Waals surface area contributed by atoms with Crippen LogP contribution in [0.1, 0.15) is 30.5 Å². The normalized spacial score (nSPS) is 12.8. The fraction of sp³-hybridized carbons (Fsp3) is 0.143. The van der Waals surface area contributed by atoms with Crippen molar-refractivity contribution in [2.45, 2.75) is 20.0 Å². The third kappa shape index (κ3) is 2.01. The summed E-state index contributed by atoms with van der Waals surface area (Å²) in [4.78, 5) is 0. The molecule has 0 atom stereocenters. The molecule has 108 valence electrons. The Morgan fingerprint density at radius 2 is 1.50 bits per heavy atom. The smallest absolute Gasteiger partial charge is 0.127 e. The zero-order valence-corrected chi connectivity index (χ0v) is 12.8. The Morgan fingerprint density at radius 1 is 0.773 bits per heavy atom. The highest BCUT2D eigenvalue weighted by Gasteiger charge is 2.20. The Bertz CT molecular complexity index is 882. The van der Waals surface area contributed by atoms with Gasteiger partial charge in [0.15, 0.2) is 0 Å². The second-order valence-corrected chi connectivity index (χ2v) is 5.97. The van der Waals surface area contributed by atoms with E-state index in [4.69, 9.17) is 4.74 Å². The van der Waals surface area contributed by atoms with Gasteiger partial charge in [0.05, 0.1) is 6.10 Å². The summed E-state index contributed by atoms with van der Waals surface area (Å²) in [6.07, 6.45) is 2.45. The summed E-state index contributed by atoms with van der Waals surface area (Å²) >= 11 is 0. The van der Waals surface area contributed by atoms with Gasteiger partial charge in [0, 0.05) is 5.56 Å². The molecule has 1 nitrogen and oxygen atoms in total. The number of hydrogen-bond donors (Lipinski definition) is 0. The Kier molecular flexibility index (Phi) is 3.00. The van der Waals surface area contributed by atoms with Crippen LogP contribution in [-0.2, 0) is 0 Å². The summed E-state index contributed by atoms with van der Waals surface area (Å²) in [7, 11) is 0. The van der Waals surface area contributed by atoms with Crippen LogP contribution < -0.4 is 4.74 Å². The lowest BCUT2D eigenvalue weighted by Crippen LogP contribution is -2.07. The van der Waals surface area contributed by atoms with Gasteiger partial charge < -0.3 is 4.74 Å². The zero-order valence-electron chi connectivity index (χ0n) is 12.8. The van der Waals surface area contributed by atoms with Gasteiger partial charge in [0.2, 0.25) is 0 Å². The molecule has 0 unspecified atom stereocenters. The van der Waals surface area contributed by atoms with Crippen LogP contribution in [0.15, 0.2) is 60.7 Å². The quantitative estimate of drug-likeness (QED) is 0.481. The molecule has 4 rings (SSSR count). The van der Waals surface area contributed by atoms with E-state index >= 15 is 0 Å². The van der Waals surface area contributed by atoms with Crippen LogP contribution in [0.2, 0.25) is 0 Å². The number of benzene rings is 3. The van der Waals surface area contributed by atoms with Gasteiger partial charge in [-0.2, -0.15) is 0 Å². The standard InChI is InChI=1S/C21H18O/c1-14(2)22-20-12-4-3-10-17(20)19-13-16-9-5-7-15-8-6-11-18(19)21(15)16/h3-14H,1-2H3. The minimum Gasteiger partial charge on any atom is -0.490 e. The van der Waals surface area contributed by atoms with E-state index in [0.29, 0.717) is 0 Å². The SMILES string of the molecule is CC(C)Oc1ccccc1C1=Cc2cccc3cccc1c23. The van der Waals surface area contributed by atoms with Crippen LogP contribution in [-0.4, -0.2) is 6.10 Å². The van der Waals surface area contributed by atoms with Crippen molar-refractivity contribution < 1.29 is 4.74 Å². The van der Waals surface area contributed by atoms with Crippen LogP contribution in [0.4, 0.5) is 0 Å². The summed E-state index contributed by atoms with van der Waals surface area (Å²) in [6.45, 7) is 4.13. The van der Waals surface area contributed by atoms with Crippen molar-refractivity contribution in [1.29, 1.82) is 0 Å². The van der Waals surface area contributed by atoms with Crippen molar-refractivity contribution in [3.8, 4) is 5.75 Å². The Hall–Kier alpha value is -2.54. The van der Waals surface area contributed by atoms with Crippen molar-refractivity contribution in [2.75, 3.05) is 0 Å². The molecule has 22 heavy (non-hydrogen) atoms. The highest BCUT2D eigenvalue weighted by Crippen LogP contribution is 2.42. The fourth-order valence-corrected chi connectivity index (χ4v) is 3.22. The van der Waals surface area contributed by atoms with Gasteiger partial charge in [0.1, 0.15) is 5.75 Å². The molecule has 1 aliphatic carbocycles. The van der Waals surface area contributed by atoms with Crippen molar-refractivity contribution >= 4 is 22.4 Å². The van der Waals surface area contributed by atoms with Crippen molar-refractivity contribution in [2.24, 2.45) is 0 Å². The molecule has 0 radical (unpaired) electrons. The minimum absolute atomic E-state index is 0.168. The molecule has 3 aromatic rings.